The van der Waals surface area contributed by atoms with E-state index in [0.29, 0.717) is 0 Å². The van der Waals surface area contributed by atoms with Gasteiger partial charge in [0, 0.05) is 19.6 Å². The van der Waals surface area contributed by atoms with E-state index in [9.17, 15) is 0 Å². The number of ether oxygens (including phenoxy) is 1. The minimum atomic E-state index is 0.880. The van der Waals surface area contributed by atoms with Gasteiger partial charge in [0.1, 0.15) is 0 Å². The maximum absolute atomic E-state index is 5.34. The van der Waals surface area contributed by atoms with Crippen molar-refractivity contribution in [1.29, 1.82) is 0 Å². The lowest BCUT2D eigenvalue weighted by Crippen LogP contribution is -2.35. The summed E-state index contributed by atoms with van der Waals surface area (Å²) < 4.78 is 5.34. The molecule has 2 rings (SSSR count). The first-order valence-corrected chi connectivity index (χ1v) is 6.19. The molecule has 1 aromatic carbocycles. The van der Waals surface area contributed by atoms with Gasteiger partial charge in [-0.3, -0.25) is 4.90 Å². The van der Waals surface area contributed by atoms with Crippen LogP contribution in [0.15, 0.2) is 18.2 Å². The van der Waals surface area contributed by atoms with Gasteiger partial charge in [-0.05, 0) is 37.6 Å². The third-order valence-corrected chi connectivity index (χ3v) is 3.08. The van der Waals surface area contributed by atoms with Crippen molar-refractivity contribution in [2.24, 2.45) is 5.73 Å². The minimum absolute atomic E-state index is 0.880. The van der Waals surface area contributed by atoms with Gasteiger partial charge in [-0.25, -0.2) is 0 Å². The van der Waals surface area contributed by atoms with Gasteiger partial charge in [0.2, 0.25) is 0 Å². The van der Waals surface area contributed by atoms with Crippen molar-refractivity contribution in [3.63, 3.8) is 0 Å². The molecule has 0 radical (unpaired) electrons. The van der Waals surface area contributed by atoms with Crippen LogP contribution in [0, 0.1) is 13.8 Å². The van der Waals surface area contributed by atoms with E-state index in [4.69, 9.17) is 4.74 Å². The Morgan fingerprint density at radius 3 is 2.35 bits per heavy atom. The number of aryl methyl sites for hydroxylation is 2. The van der Waals surface area contributed by atoms with Crippen LogP contribution < -0.4 is 5.73 Å². The zero-order valence-corrected chi connectivity index (χ0v) is 11.2. The van der Waals surface area contributed by atoms with Crippen LogP contribution in [0.1, 0.15) is 16.7 Å². The van der Waals surface area contributed by atoms with Crippen molar-refractivity contribution in [3.05, 3.63) is 34.9 Å². The molecule has 1 aliphatic heterocycles. The Hall–Kier alpha value is -0.900. The molecule has 2 N–H and O–H groups in total. The molecule has 1 fully saturated rings. The third kappa shape index (κ3) is 4.46. The molecular formula is C14H24N2O. The number of nitrogens with zero attached hydrogens (tertiary/aromatic N) is 1. The molecule has 0 atom stereocenters. The lowest BCUT2D eigenvalue weighted by Gasteiger charge is -2.26. The van der Waals surface area contributed by atoms with Crippen molar-refractivity contribution in [2.75, 3.05) is 33.4 Å². The van der Waals surface area contributed by atoms with Crippen LogP contribution in [0.25, 0.3) is 0 Å². The fourth-order valence-electron chi connectivity index (χ4n) is 1.92. The first-order chi connectivity index (χ1) is 8.25. The van der Waals surface area contributed by atoms with Crippen LogP contribution in [0.4, 0.5) is 0 Å². The van der Waals surface area contributed by atoms with Gasteiger partial charge >= 0.3 is 0 Å². The second-order valence-corrected chi connectivity index (χ2v) is 4.31. The molecule has 3 nitrogen and oxygen atoms in total. The van der Waals surface area contributed by atoms with Gasteiger partial charge in [-0.15, -0.1) is 0 Å². The maximum Gasteiger partial charge on any atom is 0.0594 e. The van der Waals surface area contributed by atoms with Crippen LogP contribution in [-0.4, -0.2) is 38.3 Å². The summed E-state index contributed by atoms with van der Waals surface area (Å²) in [6.07, 6.45) is 0. The Morgan fingerprint density at radius 1 is 1.12 bits per heavy atom. The number of nitrogens with two attached hydrogens (primary N) is 1. The van der Waals surface area contributed by atoms with Crippen molar-refractivity contribution in [3.8, 4) is 0 Å². The van der Waals surface area contributed by atoms with Gasteiger partial charge in [-0.2, -0.15) is 0 Å². The summed E-state index contributed by atoms with van der Waals surface area (Å²) in [6, 6.07) is 6.74. The highest BCUT2D eigenvalue weighted by molar-refractivity contribution is 5.29. The molecule has 1 saturated heterocycles. The molecule has 96 valence electrons. The number of benzene rings is 1. The van der Waals surface area contributed by atoms with Crippen LogP contribution in [0.3, 0.4) is 0 Å². The highest BCUT2D eigenvalue weighted by atomic mass is 16.5. The molecule has 0 aliphatic carbocycles. The molecule has 1 aromatic rings. The molecule has 3 heteroatoms. The smallest absolute Gasteiger partial charge is 0.0594 e. The quantitative estimate of drug-likeness (QED) is 0.849. The van der Waals surface area contributed by atoms with Crippen molar-refractivity contribution in [1.82, 2.24) is 4.90 Å². The van der Waals surface area contributed by atoms with E-state index in [1.807, 2.05) is 0 Å². The fraction of sp³-hybridized carbons (Fsp3) is 0.571. The highest BCUT2D eigenvalue weighted by Crippen LogP contribution is 2.12. The monoisotopic (exact) mass is 236 g/mol. The van der Waals surface area contributed by atoms with Crippen molar-refractivity contribution in [2.45, 2.75) is 20.4 Å². The number of morpholine rings is 1. The largest absolute Gasteiger partial charge is 0.379 e. The lowest BCUT2D eigenvalue weighted by molar-refractivity contribution is 0.0342. The summed E-state index contributed by atoms with van der Waals surface area (Å²) in [5, 5.41) is 0. The Balaban J connectivity index is 0.000000686. The SMILES string of the molecule is CN.Cc1ccc(CN2CCOCC2)cc1C. The highest BCUT2D eigenvalue weighted by Gasteiger charge is 2.10. The van der Waals surface area contributed by atoms with E-state index in [-0.39, 0.29) is 0 Å². The summed E-state index contributed by atoms with van der Waals surface area (Å²) in [6.45, 7) is 9.28. The second-order valence-electron chi connectivity index (χ2n) is 4.31. The van der Waals surface area contributed by atoms with Crippen LogP contribution >= 0.6 is 0 Å². The van der Waals surface area contributed by atoms with E-state index in [1.165, 1.54) is 23.7 Å². The fourth-order valence-corrected chi connectivity index (χ4v) is 1.92. The number of hydrogen-bond donors (Lipinski definition) is 1. The molecule has 0 spiro atoms. The summed E-state index contributed by atoms with van der Waals surface area (Å²) in [5.41, 5.74) is 8.68. The zero-order chi connectivity index (χ0) is 12.7. The van der Waals surface area contributed by atoms with Gasteiger partial charge < -0.3 is 10.5 Å². The maximum atomic E-state index is 5.34. The molecular weight excluding hydrogens is 212 g/mol. The van der Waals surface area contributed by atoms with E-state index < -0.39 is 0 Å². The first kappa shape index (κ1) is 14.2. The van der Waals surface area contributed by atoms with Gasteiger partial charge in [-0.1, -0.05) is 18.2 Å². The van der Waals surface area contributed by atoms with E-state index in [2.05, 4.69) is 42.7 Å². The second kappa shape index (κ2) is 7.43. The number of rotatable bonds is 2. The summed E-state index contributed by atoms with van der Waals surface area (Å²) in [7, 11) is 1.50. The Kier molecular flexibility index (Phi) is 6.19. The lowest BCUT2D eigenvalue weighted by atomic mass is 10.1. The molecule has 0 bridgehead atoms. The van der Waals surface area contributed by atoms with Crippen LogP contribution in [-0.2, 0) is 11.3 Å². The van der Waals surface area contributed by atoms with Gasteiger partial charge in [0.25, 0.3) is 0 Å². The first-order valence-electron chi connectivity index (χ1n) is 6.19. The van der Waals surface area contributed by atoms with Gasteiger partial charge in [0.15, 0.2) is 0 Å². The van der Waals surface area contributed by atoms with E-state index >= 15 is 0 Å². The minimum Gasteiger partial charge on any atom is -0.379 e. The molecule has 1 heterocycles. The standard InChI is InChI=1S/C13H19NO.CH5N/c1-11-3-4-13(9-12(11)2)10-14-5-7-15-8-6-14;1-2/h3-4,9H,5-8,10H2,1-2H3;2H2,1H3. The summed E-state index contributed by atoms with van der Waals surface area (Å²) in [5.74, 6) is 0. The Bertz CT molecular complexity index is 333. The van der Waals surface area contributed by atoms with Crippen molar-refractivity contribution < 1.29 is 4.74 Å². The van der Waals surface area contributed by atoms with Crippen LogP contribution in [0.5, 0.6) is 0 Å². The number of hydrogen-bond acceptors (Lipinski definition) is 3. The Labute approximate surface area is 105 Å². The average molecular weight is 236 g/mol. The van der Waals surface area contributed by atoms with Gasteiger partial charge in [0.05, 0.1) is 13.2 Å². The molecule has 0 amide bonds. The third-order valence-electron chi connectivity index (χ3n) is 3.08. The molecule has 1 aliphatic rings. The molecule has 17 heavy (non-hydrogen) atoms. The average Bonchev–Trinajstić information content (AvgIpc) is 2.38. The summed E-state index contributed by atoms with van der Waals surface area (Å²) in [4.78, 5) is 2.45. The van der Waals surface area contributed by atoms with E-state index in [1.54, 1.807) is 0 Å². The summed E-state index contributed by atoms with van der Waals surface area (Å²) >= 11 is 0. The molecule has 0 aromatic heterocycles. The van der Waals surface area contributed by atoms with Crippen molar-refractivity contribution >= 4 is 0 Å². The molecule has 0 unspecified atom stereocenters. The van der Waals surface area contributed by atoms with Crippen LogP contribution in [0.2, 0.25) is 0 Å². The van der Waals surface area contributed by atoms with E-state index in [0.717, 1.165) is 32.8 Å². The normalized spacial score (nSPS) is 16.2. The predicted octanol–water partition coefficient (Wildman–Crippen LogP) is 1.71. The zero-order valence-electron chi connectivity index (χ0n) is 11.2. The molecule has 0 saturated carbocycles. The predicted molar refractivity (Wildman–Crippen MR) is 72.1 cm³/mol. The Morgan fingerprint density at radius 2 is 1.76 bits per heavy atom. The topological polar surface area (TPSA) is 38.5 Å².